The summed E-state index contributed by atoms with van der Waals surface area (Å²) in [7, 11) is 1.90. The molecule has 2 saturated heterocycles. The summed E-state index contributed by atoms with van der Waals surface area (Å²) in [5.41, 5.74) is 0. The number of nitrogens with zero attached hydrogens (tertiary/aromatic N) is 2. The molecular formula is C15H29N3O2. The zero-order valence-corrected chi connectivity index (χ0v) is 12.8. The number of carbonyl (C=O) groups excluding carboxylic acids is 1. The van der Waals surface area contributed by atoms with E-state index in [0.717, 1.165) is 52.0 Å². The van der Waals surface area contributed by atoms with E-state index in [-0.39, 0.29) is 12.1 Å². The van der Waals surface area contributed by atoms with E-state index >= 15 is 0 Å². The summed E-state index contributed by atoms with van der Waals surface area (Å²) in [5, 5.41) is 3.13. The van der Waals surface area contributed by atoms with Crippen LogP contribution in [0.3, 0.4) is 0 Å². The van der Waals surface area contributed by atoms with Gasteiger partial charge in [0.1, 0.15) is 0 Å². The molecule has 0 aromatic heterocycles. The number of carbonyl (C=O) groups is 1. The Hall–Kier alpha value is -0.810. The number of likely N-dealkylation sites (tertiary alicyclic amines) is 1. The van der Waals surface area contributed by atoms with Crippen LogP contribution < -0.4 is 5.32 Å². The van der Waals surface area contributed by atoms with Crippen molar-refractivity contribution >= 4 is 6.03 Å². The average molecular weight is 283 g/mol. The molecule has 2 aliphatic rings. The molecule has 2 rings (SSSR count). The molecule has 1 N–H and O–H groups in total. The van der Waals surface area contributed by atoms with Crippen LogP contribution in [0.1, 0.15) is 38.5 Å². The molecule has 116 valence electrons. The van der Waals surface area contributed by atoms with Crippen LogP contribution in [-0.4, -0.2) is 68.3 Å². The van der Waals surface area contributed by atoms with Gasteiger partial charge in [0.2, 0.25) is 0 Å². The first-order valence-electron chi connectivity index (χ1n) is 8.07. The van der Waals surface area contributed by atoms with Crippen LogP contribution in [-0.2, 0) is 4.74 Å². The second-order valence-corrected chi connectivity index (χ2v) is 6.01. The Morgan fingerprint density at radius 2 is 2.05 bits per heavy atom. The summed E-state index contributed by atoms with van der Waals surface area (Å²) in [6.45, 7) is 6.03. The number of hydrogen-bond acceptors (Lipinski definition) is 3. The SMILES string of the molecule is CN(CCCN1CCCC1)C(=O)N[C@@H]1CCCOCC1. The van der Waals surface area contributed by atoms with Crippen LogP contribution in [0.2, 0.25) is 0 Å². The van der Waals surface area contributed by atoms with Crippen molar-refractivity contribution in [2.45, 2.75) is 44.6 Å². The number of rotatable bonds is 5. The van der Waals surface area contributed by atoms with Gasteiger partial charge in [0.15, 0.2) is 0 Å². The van der Waals surface area contributed by atoms with Crippen LogP contribution >= 0.6 is 0 Å². The molecule has 0 aromatic rings. The van der Waals surface area contributed by atoms with E-state index < -0.39 is 0 Å². The summed E-state index contributed by atoms with van der Waals surface area (Å²) in [4.78, 5) is 16.4. The van der Waals surface area contributed by atoms with E-state index in [1.165, 1.54) is 25.9 Å². The molecular weight excluding hydrogens is 254 g/mol. The third kappa shape index (κ3) is 5.29. The first-order chi connectivity index (χ1) is 9.75. The lowest BCUT2D eigenvalue weighted by Crippen LogP contribution is -2.44. The van der Waals surface area contributed by atoms with Crippen molar-refractivity contribution in [2.24, 2.45) is 0 Å². The van der Waals surface area contributed by atoms with E-state index in [1.54, 1.807) is 0 Å². The zero-order chi connectivity index (χ0) is 14.2. The van der Waals surface area contributed by atoms with Gasteiger partial charge in [-0.25, -0.2) is 4.79 Å². The van der Waals surface area contributed by atoms with E-state index in [1.807, 2.05) is 11.9 Å². The maximum Gasteiger partial charge on any atom is 0.317 e. The lowest BCUT2D eigenvalue weighted by molar-refractivity contribution is 0.142. The highest BCUT2D eigenvalue weighted by Gasteiger charge is 2.17. The van der Waals surface area contributed by atoms with Gasteiger partial charge in [-0.3, -0.25) is 0 Å². The molecule has 20 heavy (non-hydrogen) atoms. The summed E-state index contributed by atoms with van der Waals surface area (Å²) >= 11 is 0. The van der Waals surface area contributed by atoms with Crippen molar-refractivity contribution < 1.29 is 9.53 Å². The number of urea groups is 1. The summed E-state index contributed by atoms with van der Waals surface area (Å²) in [5.74, 6) is 0. The Bertz CT molecular complexity index is 285. The molecule has 0 spiro atoms. The van der Waals surface area contributed by atoms with Crippen LogP contribution in [0.5, 0.6) is 0 Å². The third-order valence-corrected chi connectivity index (χ3v) is 4.29. The van der Waals surface area contributed by atoms with Crippen molar-refractivity contribution in [2.75, 3.05) is 46.4 Å². The topological polar surface area (TPSA) is 44.8 Å². The predicted octanol–water partition coefficient (Wildman–Crippen LogP) is 1.68. The maximum absolute atomic E-state index is 12.1. The minimum atomic E-state index is 0.0679. The van der Waals surface area contributed by atoms with Crippen molar-refractivity contribution in [1.82, 2.24) is 15.1 Å². The second kappa shape index (κ2) is 8.47. The molecule has 0 aromatic carbocycles. The molecule has 2 fully saturated rings. The summed E-state index contributed by atoms with van der Waals surface area (Å²) in [6, 6.07) is 0.351. The number of hydrogen-bond donors (Lipinski definition) is 1. The van der Waals surface area contributed by atoms with Crippen molar-refractivity contribution in [3.8, 4) is 0 Å². The van der Waals surface area contributed by atoms with Crippen LogP contribution in [0.25, 0.3) is 0 Å². The van der Waals surface area contributed by atoms with Gasteiger partial charge < -0.3 is 19.9 Å². The number of nitrogens with one attached hydrogen (secondary N) is 1. The maximum atomic E-state index is 12.1. The lowest BCUT2D eigenvalue weighted by atomic mass is 10.1. The van der Waals surface area contributed by atoms with Crippen LogP contribution in [0, 0.1) is 0 Å². The minimum absolute atomic E-state index is 0.0679. The van der Waals surface area contributed by atoms with E-state index in [9.17, 15) is 4.79 Å². The van der Waals surface area contributed by atoms with Gasteiger partial charge in [-0.1, -0.05) is 0 Å². The highest BCUT2D eigenvalue weighted by molar-refractivity contribution is 5.74. The molecule has 2 amide bonds. The van der Waals surface area contributed by atoms with Gasteiger partial charge in [0.25, 0.3) is 0 Å². The Labute approximate surface area is 122 Å². The fraction of sp³-hybridized carbons (Fsp3) is 0.933. The van der Waals surface area contributed by atoms with Crippen molar-refractivity contribution in [3.05, 3.63) is 0 Å². The van der Waals surface area contributed by atoms with Gasteiger partial charge in [0.05, 0.1) is 0 Å². The first kappa shape index (κ1) is 15.6. The van der Waals surface area contributed by atoms with Gasteiger partial charge in [-0.15, -0.1) is 0 Å². The van der Waals surface area contributed by atoms with Gasteiger partial charge in [-0.2, -0.15) is 0 Å². The Balaban J connectivity index is 1.60. The van der Waals surface area contributed by atoms with E-state index in [4.69, 9.17) is 4.74 Å². The minimum Gasteiger partial charge on any atom is -0.381 e. The zero-order valence-electron chi connectivity index (χ0n) is 12.8. The molecule has 2 heterocycles. The van der Waals surface area contributed by atoms with Crippen molar-refractivity contribution in [1.29, 1.82) is 0 Å². The van der Waals surface area contributed by atoms with E-state index in [0.29, 0.717) is 0 Å². The van der Waals surface area contributed by atoms with Gasteiger partial charge in [-0.05, 0) is 58.2 Å². The quantitative estimate of drug-likeness (QED) is 0.835. The van der Waals surface area contributed by atoms with Crippen LogP contribution in [0.15, 0.2) is 0 Å². The fourth-order valence-electron chi connectivity index (χ4n) is 2.97. The Kier molecular flexibility index (Phi) is 6.60. The normalized spacial score (nSPS) is 24.4. The highest BCUT2D eigenvalue weighted by Crippen LogP contribution is 2.09. The smallest absolute Gasteiger partial charge is 0.317 e. The largest absolute Gasteiger partial charge is 0.381 e. The molecule has 0 unspecified atom stereocenters. The lowest BCUT2D eigenvalue weighted by Gasteiger charge is -2.23. The first-order valence-corrected chi connectivity index (χ1v) is 8.07. The molecule has 2 aliphatic heterocycles. The number of amides is 2. The average Bonchev–Trinajstić information content (AvgIpc) is 2.82. The molecule has 0 radical (unpaired) electrons. The molecule has 5 heteroatoms. The predicted molar refractivity (Wildman–Crippen MR) is 79.9 cm³/mol. The highest BCUT2D eigenvalue weighted by atomic mass is 16.5. The second-order valence-electron chi connectivity index (χ2n) is 6.01. The molecule has 0 bridgehead atoms. The summed E-state index contributed by atoms with van der Waals surface area (Å²) < 4.78 is 5.42. The number of ether oxygens (including phenoxy) is 1. The van der Waals surface area contributed by atoms with Crippen molar-refractivity contribution in [3.63, 3.8) is 0 Å². The third-order valence-electron chi connectivity index (χ3n) is 4.29. The molecule has 0 aliphatic carbocycles. The molecule has 0 saturated carbocycles. The molecule has 1 atom stereocenters. The standard InChI is InChI=1S/C15H29N3O2/c1-17(8-5-11-18-9-2-3-10-18)15(19)16-14-6-4-12-20-13-7-14/h14H,2-13H2,1H3,(H,16,19)/t14-/m1/s1. The van der Waals surface area contributed by atoms with Gasteiger partial charge >= 0.3 is 6.03 Å². The van der Waals surface area contributed by atoms with Crippen LogP contribution in [0.4, 0.5) is 4.79 Å². The van der Waals surface area contributed by atoms with Gasteiger partial charge in [0, 0.05) is 32.8 Å². The monoisotopic (exact) mass is 283 g/mol. The summed E-state index contributed by atoms with van der Waals surface area (Å²) in [6.07, 6.45) is 6.75. The van der Waals surface area contributed by atoms with E-state index in [2.05, 4.69) is 10.2 Å². The fourth-order valence-corrected chi connectivity index (χ4v) is 2.97. The molecule has 5 nitrogen and oxygen atoms in total. The Morgan fingerprint density at radius 1 is 1.25 bits per heavy atom. The Morgan fingerprint density at radius 3 is 2.85 bits per heavy atom.